The molecule has 0 spiro atoms. The highest BCUT2D eigenvalue weighted by Crippen LogP contribution is 2.19. The first-order valence-electron chi connectivity index (χ1n) is 7.14. The van der Waals surface area contributed by atoms with E-state index < -0.39 is 27.4 Å². The molecule has 0 unspecified atom stereocenters. The first-order chi connectivity index (χ1) is 11.8. The predicted molar refractivity (Wildman–Crippen MR) is 87.5 cm³/mol. The molecule has 0 saturated carbocycles. The van der Waals surface area contributed by atoms with Crippen molar-refractivity contribution in [2.75, 3.05) is 14.1 Å². The molecule has 2 aromatic rings. The van der Waals surface area contributed by atoms with Gasteiger partial charge in [0.2, 0.25) is 10.0 Å². The Morgan fingerprint density at radius 1 is 1.24 bits per heavy atom. The van der Waals surface area contributed by atoms with E-state index in [1.54, 1.807) is 18.2 Å². The summed E-state index contributed by atoms with van der Waals surface area (Å²) < 4.78 is 44.1. The number of hydrogen-bond donors (Lipinski definition) is 0. The minimum atomic E-state index is -3.80. The van der Waals surface area contributed by atoms with Gasteiger partial charge < -0.3 is 4.74 Å². The summed E-state index contributed by atoms with van der Waals surface area (Å²) in [6.45, 7) is -0.168. The van der Waals surface area contributed by atoms with E-state index in [1.165, 1.54) is 20.2 Å². The monoisotopic (exact) mass is 362 g/mol. The lowest BCUT2D eigenvalue weighted by atomic mass is 10.1. The molecular weight excluding hydrogens is 347 g/mol. The maximum atomic E-state index is 13.9. The van der Waals surface area contributed by atoms with Crippen LogP contribution in [0.3, 0.4) is 0 Å². The molecule has 0 heterocycles. The molecule has 6 nitrogen and oxygen atoms in total. The lowest BCUT2D eigenvalue weighted by molar-refractivity contribution is 0.0467. The van der Waals surface area contributed by atoms with Gasteiger partial charge in [-0.25, -0.2) is 21.9 Å². The van der Waals surface area contributed by atoms with Crippen LogP contribution in [0.1, 0.15) is 21.5 Å². The highest BCUT2D eigenvalue weighted by Gasteiger charge is 2.22. The second kappa shape index (κ2) is 7.42. The number of nitriles is 1. The van der Waals surface area contributed by atoms with Gasteiger partial charge in [0.15, 0.2) is 0 Å². The number of ether oxygens (including phenoxy) is 1. The van der Waals surface area contributed by atoms with Crippen molar-refractivity contribution in [3.63, 3.8) is 0 Å². The standard InChI is InChI=1S/C17H15FN2O4S/c1-20(2)25(22,23)14-6-7-16(18)15(9-14)17(21)24-11-13-5-3-4-12(8-13)10-19/h3-9H,11H2,1-2H3. The third-order valence-electron chi connectivity index (χ3n) is 3.36. The van der Waals surface area contributed by atoms with E-state index in [4.69, 9.17) is 10.00 Å². The van der Waals surface area contributed by atoms with E-state index in [0.29, 0.717) is 11.1 Å². The Kier molecular flexibility index (Phi) is 5.51. The first kappa shape index (κ1) is 18.6. The Hall–Kier alpha value is -2.76. The van der Waals surface area contributed by atoms with E-state index in [-0.39, 0.29) is 11.5 Å². The van der Waals surface area contributed by atoms with E-state index in [1.807, 2.05) is 6.07 Å². The molecule has 0 fully saturated rings. The third kappa shape index (κ3) is 4.21. The quantitative estimate of drug-likeness (QED) is 0.762. The van der Waals surface area contributed by atoms with E-state index >= 15 is 0 Å². The van der Waals surface area contributed by atoms with Crippen LogP contribution >= 0.6 is 0 Å². The largest absolute Gasteiger partial charge is 0.457 e. The van der Waals surface area contributed by atoms with Crippen molar-refractivity contribution in [2.45, 2.75) is 11.5 Å². The summed E-state index contributed by atoms with van der Waals surface area (Å²) >= 11 is 0. The lowest BCUT2D eigenvalue weighted by Crippen LogP contribution is -2.22. The number of hydrogen-bond acceptors (Lipinski definition) is 5. The van der Waals surface area contributed by atoms with Gasteiger partial charge in [0.05, 0.1) is 22.1 Å². The second-order valence-electron chi connectivity index (χ2n) is 5.32. The summed E-state index contributed by atoms with van der Waals surface area (Å²) in [5.41, 5.74) is 0.489. The van der Waals surface area contributed by atoms with Crippen LogP contribution in [0.25, 0.3) is 0 Å². The highest BCUT2D eigenvalue weighted by atomic mass is 32.2. The van der Waals surface area contributed by atoms with Crippen molar-refractivity contribution in [1.29, 1.82) is 5.26 Å². The molecule has 0 aliphatic rings. The van der Waals surface area contributed by atoms with Crippen molar-refractivity contribution in [2.24, 2.45) is 0 Å². The summed E-state index contributed by atoms with van der Waals surface area (Å²) in [7, 11) is -1.14. The predicted octanol–water partition coefficient (Wildman–Crippen LogP) is 2.30. The fourth-order valence-corrected chi connectivity index (χ4v) is 2.92. The van der Waals surface area contributed by atoms with E-state index in [0.717, 1.165) is 22.5 Å². The normalized spacial score (nSPS) is 11.2. The summed E-state index contributed by atoms with van der Waals surface area (Å²) in [6, 6.07) is 11.3. The number of carbonyl (C=O) groups is 1. The summed E-state index contributed by atoms with van der Waals surface area (Å²) in [5.74, 6) is -1.87. The minimum Gasteiger partial charge on any atom is -0.457 e. The van der Waals surface area contributed by atoms with Crippen LogP contribution in [0.2, 0.25) is 0 Å². The minimum absolute atomic E-state index is 0.168. The third-order valence-corrected chi connectivity index (χ3v) is 5.17. The molecule has 0 aliphatic heterocycles. The van der Waals surface area contributed by atoms with Gasteiger partial charge >= 0.3 is 5.97 Å². The summed E-state index contributed by atoms with van der Waals surface area (Å²) in [5, 5.41) is 8.84. The first-order valence-corrected chi connectivity index (χ1v) is 8.58. The topological polar surface area (TPSA) is 87.5 Å². The smallest absolute Gasteiger partial charge is 0.341 e. The molecule has 8 heteroatoms. The Balaban J connectivity index is 2.23. The fourth-order valence-electron chi connectivity index (χ4n) is 1.99. The number of esters is 1. The van der Waals surface area contributed by atoms with Gasteiger partial charge in [0, 0.05) is 14.1 Å². The van der Waals surface area contributed by atoms with Crippen molar-refractivity contribution in [1.82, 2.24) is 4.31 Å². The van der Waals surface area contributed by atoms with Gasteiger partial charge in [-0.1, -0.05) is 12.1 Å². The highest BCUT2D eigenvalue weighted by molar-refractivity contribution is 7.89. The van der Waals surface area contributed by atoms with Crippen LogP contribution in [0.5, 0.6) is 0 Å². The van der Waals surface area contributed by atoms with Gasteiger partial charge in [-0.3, -0.25) is 0 Å². The van der Waals surface area contributed by atoms with Gasteiger partial charge in [-0.15, -0.1) is 0 Å². The zero-order chi connectivity index (χ0) is 18.6. The average molecular weight is 362 g/mol. The van der Waals surface area contributed by atoms with Crippen molar-refractivity contribution in [3.05, 3.63) is 65.0 Å². The van der Waals surface area contributed by atoms with Crippen LogP contribution in [-0.4, -0.2) is 32.8 Å². The van der Waals surface area contributed by atoms with Crippen LogP contribution < -0.4 is 0 Å². The molecule has 0 N–H and O–H groups in total. The maximum absolute atomic E-state index is 13.9. The molecule has 25 heavy (non-hydrogen) atoms. The average Bonchev–Trinajstić information content (AvgIpc) is 2.59. The molecule has 0 bridgehead atoms. The van der Waals surface area contributed by atoms with Crippen molar-refractivity contribution in [3.8, 4) is 6.07 Å². The lowest BCUT2D eigenvalue weighted by Gasteiger charge is -2.12. The van der Waals surface area contributed by atoms with Crippen molar-refractivity contribution >= 4 is 16.0 Å². The Bertz CT molecular complexity index is 949. The van der Waals surface area contributed by atoms with Crippen LogP contribution in [0, 0.1) is 17.1 Å². The molecule has 0 aliphatic carbocycles. The number of nitrogens with zero attached hydrogens (tertiary/aromatic N) is 2. The molecule has 130 valence electrons. The van der Waals surface area contributed by atoms with Gasteiger partial charge in [-0.05, 0) is 35.9 Å². The molecule has 0 radical (unpaired) electrons. The van der Waals surface area contributed by atoms with Gasteiger partial charge in [-0.2, -0.15) is 5.26 Å². The second-order valence-corrected chi connectivity index (χ2v) is 7.47. The van der Waals surface area contributed by atoms with Crippen LogP contribution in [0.15, 0.2) is 47.4 Å². The zero-order valence-corrected chi connectivity index (χ0v) is 14.4. The van der Waals surface area contributed by atoms with E-state index in [2.05, 4.69) is 0 Å². The van der Waals surface area contributed by atoms with Gasteiger partial charge in [0.1, 0.15) is 12.4 Å². The molecule has 0 aromatic heterocycles. The fraction of sp³-hybridized carbons (Fsp3) is 0.176. The summed E-state index contributed by atoms with van der Waals surface area (Å²) in [6.07, 6.45) is 0. The maximum Gasteiger partial charge on any atom is 0.341 e. The van der Waals surface area contributed by atoms with Crippen LogP contribution in [0.4, 0.5) is 4.39 Å². The number of rotatable bonds is 5. The molecule has 2 aromatic carbocycles. The molecule has 0 amide bonds. The SMILES string of the molecule is CN(C)S(=O)(=O)c1ccc(F)c(C(=O)OCc2cccc(C#N)c2)c1. The Morgan fingerprint density at radius 2 is 1.96 bits per heavy atom. The zero-order valence-electron chi connectivity index (χ0n) is 13.6. The number of sulfonamides is 1. The molecule has 0 atom stereocenters. The number of benzene rings is 2. The van der Waals surface area contributed by atoms with E-state index in [9.17, 15) is 17.6 Å². The molecule has 2 rings (SSSR count). The van der Waals surface area contributed by atoms with Crippen LogP contribution in [-0.2, 0) is 21.4 Å². The molecular formula is C17H15FN2O4S. The Labute approximate surface area is 145 Å². The number of halogens is 1. The molecule has 0 saturated heterocycles. The summed E-state index contributed by atoms with van der Waals surface area (Å²) in [4.78, 5) is 11.9. The van der Waals surface area contributed by atoms with Gasteiger partial charge in [0.25, 0.3) is 0 Å². The number of carbonyl (C=O) groups excluding carboxylic acids is 1. The Morgan fingerprint density at radius 3 is 2.60 bits per heavy atom. The van der Waals surface area contributed by atoms with Crippen molar-refractivity contribution < 1.29 is 22.3 Å².